The number of hydrogen-bond donors (Lipinski definition) is 1. The Morgan fingerprint density at radius 2 is 1.71 bits per heavy atom. The zero-order valence-corrected chi connectivity index (χ0v) is 19.6. The molecule has 1 aromatic carbocycles. The van der Waals surface area contributed by atoms with E-state index in [1.807, 2.05) is 35.2 Å². The van der Waals surface area contributed by atoms with Gasteiger partial charge in [-0.15, -0.1) is 0 Å². The van der Waals surface area contributed by atoms with Gasteiger partial charge in [-0.25, -0.2) is 4.79 Å². The number of nitrogens with zero attached hydrogens (tertiary/aromatic N) is 1. The Morgan fingerprint density at radius 1 is 1.13 bits per heavy atom. The van der Waals surface area contributed by atoms with Crippen LogP contribution in [-0.4, -0.2) is 34.3 Å². The molecule has 0 unspecified atom stereocenters. The molecule has 170 valence electrons. The summed E-state index contributed by atoms with van der Waals surface area (Å²) < 4.78 is 5.23. The van der Waals surface area contributed by atoms with Crippen molar-refractivity contribution in [2.75, 3.05) is 0 Å². The van der Waals surface area contributed by atoms with Crippen LogP contribution in [0.15, 0.2) is 36.4 Å². The number of carbonyl (C=O) groups excluding carboxylic acids is 3. The van der Waals surface area contributed by atoms with E-state index >= 15 is 0 Å². The van der Waals surface area contributed by atoms with E-state index in [-0.39, 0.29) is 29.9 Å². The Hall–Kier alpha value is -2.63. The normalized spacial score (nSPS) is 16.5. The van der Waals surface area contributed by atoms with Gasteiger partial charge in [-0.1, -0.05) is 50.6 Å². The summed E-state index contributed by atoms with van der Waals surface area (Å²) in [6.45, 7) is 12.4. The van der Waals surface area contributed by atoms with Gasteiger partial charge in [0.2, 0.25) is 5.91 Å². The average Bonchev–Trinajstić information content (AvgIpc) is 3.12. The number of Topliss-reactive ketones (excluding diaryl/α,β-unsaturated/α-hetero) is 1. The molecule has 0 fully saturated rings. The molecular formula is C25H36N2O4. The Morgan fingerprint density at radius 3 is 2.23 bits per heavy atom. The standard InChI is InChI=1S/C25H36N2O4/c1-7-17(2)19(14-22(28)18(3)26-24(30)31-25(4,5)6)12-13-23(29)27-15-20-10-8-9-11-21(20)16-27/h8-13,17-19H,7,14-16H2,1-6H3,(H,26,30)/b13-12+/t17-,18-,19-/m0/s1. The maximum absolute atomic E-state index is 12.7. The van der Waals surface area contributed by atoms with Crippen LogP contribution in [0.2, 0.25) is 0 Å². The van der Waals surface area contributed by atoms with Crippen molar-refractivity contribution in [1.82, 2.24) is 10.2 Å². The lowest BCUT2D eigenvalue weighted by Crippen LogP contribution is -2.42. The molecule has 0 spiro atoms. The third kappa shape index (κ3) is 7.53. The second kappa shape index (κ2) is 10.6. The van der Waals surface area contributed by atoms with Crippen LogP contribution in [-0.2, 0) is 27.4 Å². The highest BCUT2D eigenvalue weighted by Gasteiger charge is 2.25. The van der Waals surface area contributed by atoms with Crippen LogP contribution in [0.3, 0.4) is 0 Å². The Labute approximate surface area is 186 Å². The molecule has 1 aromatic rings. The minimum atomic E-state index is -0.654. The number of alkyl carbamates (subject to hydrolysis) is 1. The monoisotopic (exact) mass is 428 g/mol. The summed E-state index contributed by atoms with van der Waals surface area (Å²) in [7, 11) is 0. The minimum absolute atomic E-state index is 0.0446. The van der Waals surface area contributed by atoms with Crippen molar-refractivity contribution in [2.45, 2.75) is 79.1 Å². The molecule has 0 saturated carbocycles. The molecule has 0 aromatic heterocycles. The van der Waals surface area contributed by atoms with Crippen molar-refractivity contribution in [3.63, 3.8) is 0 Å². The number of nitrogens with one attached hydrogen (secondary N) is 1. The number of fused-ring (bicyclic) bond motifs is 1. The van der Waals surface area contributed by atoms with Crippen molar-refractivity contribution in [1.29, 1.82) is 0 Å². The van der Waals surface area contributed by atoms with Crippen LogP contribution < -0.4 is 5.32 Å². The second-order valence-corrected chi connectivity index (χ2v) is 9.41. The van der Waals surface area contributed by atoms with Crippen LogP contribution >= 0.6 is 0 Å². The number of ketones is 1. The third-order valence-electron chi connectivity index (χ3n) is 5.67. The lowest BCUT2D eigenvalue weighted by Gasteiger charge is -2.23. The van der Waals surface area contributed by atoms with E-state index in [4.69, 9.17) is 4.74 Å². The molecule has 0 radical (unpaired) electrons. The van der Waals surface area contributed by atoms with Crippen molar-refractivity contribution >= 4 is 17.8 Å². The van der Waals surface area contributed by atoms with Gasteiger partial charge >= 0.3 is 6.09 Å². The molecule has 2 amide bonds. The maximum Gasteiger partial charge on any atom is 0.408 e. The largest absolute Gasteiger partial charge is 0.444 e. The molecule has 1 aliphatic rings. The van der Waals surface area contributed by atoms with Gasteiger partial charge in [-0.2, -0.15) is 0 Å². The molecule has 31 heavy (non-hydrogen) atoms. The first-order valence-electron chi connectivity index (χ1n) is 11.1. The average molecular weight is 429 g/mol. The molecule has 0 aliphatic carbocycles. The number of benzene rings is 1. The highest BCUT2D eigenvalue weighted by Crippen LogP contribution is 2.24. The SMILES string of the molecule is CC[C@H](C)[C@@H](/C=C/C(=O)N1Cc2ccccc2C1)CC(=O)[C@H](C)NC(=O)OC(C)(C)C. The summed E-state index contributed by atoms with van der Waals surface area (Å²) in [5, 5.41) is 2.61. The number of ether oxygens (including phenoxy) is 1. The topological polar surface area (TPSA) is 75.7 Å². The van der Waals surface area contributed by atoms with E-state index in [1.165, 1.54) is 11.1 Å². The molecule has 6 heteroatoms. The van der Waals surface area contributed by atoms with Gasteiger partial charge in [0.1, 0.15) is 5.60 Å². The van der Waals surface area contributed by atoms with E-state index in [9.17, 15) is 14.4 Å². The smallest absolute Gasteiger partial charge is 0.408 e. The zero-order valence-electron chi connectivity index (χ0n) is 19.6. The first kappa shape index (κ1) is 24.6. The van der Waals surface area contributed by atoms with E-state index in [0.717, 1.165) is 6.42 Å². The first-order valence-corrected chi connectivity index (χ1v) is 11.1. The fraction of sp³-hybridized carbons (Fsp3) is 0.560. The van der Waals surface area contributed by atoms with E-state index < -0.39 is 17.7 Å². The Bertz CT molecular complexity index is 800. The fourth-order valence-electron chi connectivity index (χ4n) is 3.54. The molecule has 3 atom stereocenters. The second-order valence-electron chi connectivity index (χ2n) is 9.41. The van der Waals surface area contributed by atoms with E-state index in [1.54, 1.807) is 33.8 Å². The molecule has 1 N–H and O–H groups in total. The molecule has 2 rings (SSSR count). The predicted octanol–water partition coefficient (Wildman–Crippen LogP) is 4.62. The lowest BCUT2D eigenvalue weighted by atomic mass is 9.86. The van der Waals surface area contributed by atoms with Crippen LogP contribution in [0.1, 0.15) is 65.5 Å². The van der Waals surface area contributed by atoms with E-state index in [0.29, 0.717) is 13.1 Å². The summed E-state index contributed by atoms with van der Waals surface area (Å²) in [5.41, 5.74) is 1.74. The van der Waals surface area contributed by atoms with Crippen LogP contribution in [0.4, 0.5) is 4.79 Å². The van der Waals surface area contributed by atoms with Gasteiger partial charge in [0.15, 0.2) is 5.78 Å². The summed E-state index contributed by atoms with van der Waals surface area (Å²) in [6.07, 6.45) is 4.00. The number of rotatable bonds is 8. The van der Waals surface area contributed by atoms with Gasteiger partial charge in [-0.3, -0.25) is 9.59 Å². The number of hydrogen-bond acceptors (Lipinski definition) is 4. The first-order chi connectivity index (χ1) is 14.5. The highest BCUT2D eigenvalue weighted by molar-refractivity contribution is 5.89. The summed E-state index contributed by atoms with van der Waals surface area (Å²) >= 11 is 0. The highest BCUT2D eigenvalue weighted by atomic mass is 16.6. The summed E-state index contributed by atoms with van der Waals surface area (Å²) in [4.78, 5) is 39.2. The summed E-state index contributed by atoms with van der Waals surface area (Å²) in [6, 6.07) is 7.41. The van der Waals surface area contributed by atoms with Gasteiger partial charge in [0.05, 0.1) is 6.04 Å². The van der Waals surface area contributed by atoms with Gasteiger partial charge in [-0.05, 0) is 56.7 Å². The van der Waals surface area contributed by atoms with Crippen LogP contribution in [0, 0.1) is 11.8 Å². The maximum atomic E-state index is 12.7. The Balaban J connectivity index is 1.96. The van der Waals surface area contributed by atoms with E-state index in [2.05, 4.69) is 19.2 Å². The zero-order chi connectivity index (χ0) is 23.2. The molecular weight excluding hydrogens is 392 g/mol. The van der Waals surface area contributed by atoms with Crippen molar-refractivity contribution < 1.29 is 19.1 Å². The number of carbonyl (C=O) groups is 3. The predicted molar refractivity (Wildman–Crippen MR) is 121 cm³/mol. The fourth-order valence-corrected chi connectivity index (χ4v) is 3.54. The van der Waals surface area contributed by atoms with Crippen LogP contribution in [0.5, 0.6) is 0 Å². The number of allylic oxidation sites excluding steroid dienone is 1. The van der Waals surface area contributed by atoms with Crippen molar-refractivity contribution in [2.24, 2.45) is 11.8 Å². The minimum Gasteiger partial charge on any atom is -0.444 e. The van der Waals surface area contributed by atoms with Crippen LogP contribution in [0.25, 0.3) is 0 Å². The molecule has 1 heterocycles. The quantitative estimate of drug-likeness (QED) is 0.613. The van der Waals surface area contributed by atoms with Crippen molar-refractivity contribution in [3.8, 4) is 0 Å². The van der Waals surface area contributed by atoms with Gasteiger partial charge < -0.3 is 15.0 Å². The lowest BCUT2D eigenvalue weighted by molar-refractivity contribution is -0.126. The molecule has 0 bridgehead atoms. The number of amides is 2. The molecule has 0 saturated heterocycles. The van der Waals surface area contributed by atoms with Gasteiger partial charge in [0.25, 0.3) is 0 Å². The van der Waals surface area contributed by atoms with Crippen molar-refractivity contribution in [3.05, 3.63) is 47.5 Å². The molecule has 1 aliphatic heterocycles. The van der Waals surface area contributed by atoms with Gasteiger partial charge in [0, 0.05) is 19.5 Å². The molecule has 6 nitrogen and oxygen atoms in total. The summed E-state index contributed by atoms with van der Waals surface area (Å²) in [5.74, 6) is 0.0329. The third-order valence-corrected chi connectivity index (χ3v) is 5.67. The Kier molecular flexibility index (Phi) is 8.43.